The van der Waals surface area contributed by atoms with Gasteiger partial charge in [0.15, 0.2) is 0 Å². The van der Waals surface area contributed by atoms with Crippen LogP contribution in [-0.2, 0) is 17.9 Å². The van der Waals surface area contributed by atoms with E-state index < -0.39 is 12.1 Å². The number of halogens is 3. The van der Waals surface area contributed by atoms with Gasteiger partial charge in [0.1, 0.15) is 5.75 Å². The zero-order chi connectivity index (χ0) is 24.3. The van der Waals surface area contributed by atoms with Crippen LogP contribution in [0.15, 0.2) is 36.5 Å². The Labute approximate surface area is 197 Å². The van der Waals surface area contributed by atoms with Crippen LogP contribution in [0.5, 0.6) is 5.75 Å². The van der Waals surface area contributed by atoms with E-state index in [1.165, 1.54) is 20.0 Å². The number of carbonyl (C=O) groups excluding carboxylic acids is 1. The van der Waals surface area contributed by atoms with Crippen molar-refractivity contribution in [2.24, 2.45) is 5.92 Å². The smallest absolute Gasteiger partial charge is 0.471 e. The summed E-state index contributed by atoms with van der Waals surface area (Å²) in [6, 6.07) is 8.59. The Hall–Kier alpha value is -2.97. The maximum atomic E-state index is 13.5. The number of benzene rings is 1. The van der Waals surface area contributed by atoms with E-state index in [1.54, 1.807) is 24.4 Å². The third kappa shape index (κ3) is 5.39. The van der Waals surface area contributed by atoms with Crippen LogP contribution >= 0.6 is 0 Å². The van der Waals surface area contributed by atoms with Gasteiger partial charge in [0, 0.05) is 35.7 Å². The van der Waals surface area contributed by atoms with Crippen molar-refractivity contribution in [3.63, 3.8) is 0 Å². The van der Waals surface area contributed by atoms with Crippen molar-refractivity contribution in [1.29, 1.82) is 0 Å². The van der Waals surface area contributed by atoms with Gasteiger partial charge in [-0.1, -0.05) is 31.7 Å². The Morgan fingerprint density at radius 1 is 1.21 bits per heavy atom. The molecule has 184 valence electrons. The molecular formula is C25H31F3N4O2. The minimum atomic E-state index is -4.94. The Morgan fingerprint density at radius 3 is 2.65 bits per heavy atom. The number of hydrogen-bond donors (Lipinski definition) is 1. The number of nitrogens with two attached hydrogens (primary N) is 1. The number of nitrogen functional groups attached to an aromatic ring is 1. The van der Waals surface area contributed by atoms with E-state index in [4.69, 9.17) is 10.5 Å². The molecule has 34 heavy (non-hydrogen) atoms. The van der Waals surface area contributed by atoms with Crippen LogP contribution < -0.4 is 15.4 Å². The Kier molecular flexibility index (Phi) is 7.19. The van der Waals surface area contributed by atoms with Crippen LogP contribution in [-0.4, -0.2) is 41.7 Å². The summed E-state index contributed by atoms with van der Waals surface area (Å²) in [7, 11) is 1.48. The van der Waals surface area contributed by atoms with E-state index in [0.717, 1.165) is 35.5 Å². The largest absolute Gasteiger partial charge is 0.496 e. The summed E-state index contributed by atoms with van der Waals surface area (Å²) < 4.78 is 46.0. The molecule has 0 unspecified atom stereocenters. The first kappa shape index (κ1) is 24.2. The second kappa shape index (κ2) is 10.1. The quantitative estimate of drug-likeness (QED) is 0.641. The van der Waals surface area contributed by atoms with Crippen LogP contribution in [0.25, 0.3) is 0 Å². The molecule has 1 aromatic carbocycles. The summed E-state index contributed by atoms with van der Waals surface area (Å²) in [6.07, 6.45) is 2.99. The van der Waals surface area contributed by atoms with Crippen molar-refractivity contribution >= 4 is 17.3 Å². The lowest BCUT2D eigenvalue weighted by Crippen LogP contribution is -2.47. The number of nitrogens with zero attached hydrogens (tertiary/aromatic N) is 3. The van der Waals surface area contributed by atoms with Crippen LogP contribution in [0.4, 0.5) is 24.5 Å². The van der Waals surface area contributed by atoms with Crippen LogP contribution in [0, 0.1) is 5.92 Å². The van der Waals surface area contributed by atoms with E-state index >= 15 is 0 Å². The number of carbonyl (C=O) groups is 1. The molecule has 0 bridgehead atoms. The molecule has 1 amide bonds. The molecule has 4 rings (SSSR count). The fourth-order valence-corrected chi connectivity index (χ4v) is 5.26. The van der Waals surface area contributed by atoms with Gasteiger partial charge in [0.05, 0.1) is 25.9 Å². The average molecular weight is 477 g/mol. The summed E-state index contributed by atoms with van der Waals surface area (Å²) in [5, 5.41) is 0. The predicted octanol–water partition coefficient (Wildman–Crippen LogP) is 4.92. The van der Waals surface area contributed by atoms with Gasteiger partial charge in [0.25, 0.3) is 0 Å². The highest BCUT2D eigenvalue weighted by atomic mass is 19.4. The van der Waals surface area contributed by atoms with Crippen molar-refractivity contribution in [2.75, 3.05) is 24.3 Å². The van der Waals surface area contributed by atoms with Gasteiger partial charge in [0.2, 0.25) is 0 Å². The Balaban J connectivity index is 1.74. The molecule has 1 fully saturated rings. The molecule has 6 nitrogen and oxygen atoms in total. The van der Waals surface area contributed by atoms with Gasteiger partial charge in [-0.05, 0) is 43.0 Å². The highest BCUT2D eigenvalue weighted by Gasteiger charge is 2.45. The van der Waals surface area contributed by atoms with E-state index in [2.05, 4.69) is 9.88 Å². The van der Waals surface area contributed by atoms with E-state index in [1.807, 2.05) is 12.1 Å². The summed E-state index contributed by atoms with van der Waals surface area (Å²) in [6.45, 7) is 0.179. The maximum Gasteiger partial charge on any atom is 0.471 e. The monoisotopic (exact) mass is 476 g/mol. The van der Waals surface area contributed by atoms with Gasteiger partial charge in [-0.2, -0.15) is 13.2 Å². The number of hydrogen-bond acceptors (Lipinski definition) is 5. The molecule has 0 radical (unpaired) electrons. The molecule has 2 N–H and O–H groups in total. The molecular weight excluding hydrogens is 445 g/mol. The number of rotatable bonds is 6. The molecule has 1 atom stereocenters. The van der Waals surface area contributed by atoms with E-state index in [9.17, 15) is 18.0 Å². The molecule has 0 saturated heterocycles. The SMILES string of the molecule is COc1cccc2c1CN(C(=O)C(F)(F)F)C[C@@H](CCC1CCCC1)N2Cc1cc(N)ccn1. The molecule has 1 aliphatic heterocycles. The Bertz CT molecular complexity index is 1010. The standard InChI is InChI=1S/C25H31F3N4O2/c1-34-23-8-4-7-22-21(23)16-31(24(33)25(26,27)28)15-20(10-9-17-5-2-3-6-17)32(22)14-19-13-18(29)11-12-30-19/h4,7-8,11-13,17,20H,2-3,5-6,9-10,14-16H2,1H3,(H2,29,30)/t20-/m1/s1. The molecule has 1 aromatic heterocycles. The van der Waals surface area contributed by atoms with Crippen molar-refractivity contribution < 1.29 is 22.7 Å². The molecule has 2 aromatic rings. The van der Waals surface area contributed by atoms with Gasteiger partial charge in [-0.3, -0.25) is 9.78 Å². The lowest BCUT2D eigenvalue weighted by Gasteiger charge is -2.35. The first-order valence-electron chi connectivity index (χ1n) is 11.7. The van der Waals surface area contributed by atoms with Crippen molar-refractivity contribution in [1.82, 2.24) is 9.88 Å². The van der Waals surface area contributed by atoms with Crippen molar-refractivity contribution in [2.45, 2.75) is 63.8 Å². The zero-order valence-corrected chi connectivity index (χ0v) is 19.4. The van der Waals surface area contributed by atoms with Crippen LogP contribution in [0.2, 0.25) is 0 Å². The number of pyridine rings is 1. The normalized spacial score (nSPS) is 19.1. The summed E-state index contributed by atoms with van der Waals surface area (Å²) in [5.41, 5.74) is 8.58. The first-order chi connectivity index (χ1) is 16.3. The topological polar surface area (TPSA) is 71.7 Å². The third-order valence-electron chi connectivity index (χ3n) is 6.94. The second-order valence-electron chi connectivity index (χ2n) is 9.23. The maximum absolute atomic E-state index is 13.5. The lowest BCUT2D eigenvalue weighted by molar-refractivity contribution is -0.186. The number of methoxy groups -OCH3 is 1. The number of fused-ring (bicyclic) bond motifs is 1. The molecule has 1 aliphatic carbocycles. The summed E-state index contributed by atoms with van der Waals surface area (Å²) >= 11 is 0. The Morgan fingerprint density at radius 2 is 1.97 bits per heavy atom. The minimum Gasteiger partial charge on any atom is -0.496 e. The molecule has 2 aliphatic rings. The van der Waals surface area contributed by atoms with E-state index in [-0.39, 0.29) is 19.1 Å². The third-order valence-corrected chi connectivity index (χ3v) is 6.94. The summed E-state index contributed by atoms with van der Waals surface area (Å²) in [5.74, 6) is -0.786. The molecule has 2 heterocycles. The molecule has 0 spiro atoms. The van der Waals surface area contributed by atoms with Crippen LogP contribution in [0.3, 0.4) is 0 Å². The molecule has 1 saturated carbocycles. The minimum absolute atomic E-state index is 0.0226. The van der Waals surface area contributed by atoms with Gasteiger partial charge in [-0.15, -0.1) is 0 Å². The fourth-order valence-electron chi connectivity index (χ4n) is 5.26. The predicted molar refractivity (Wildman–Crippen MR) is 124 cm³/mol. The van der Waals surface area contributed by atoms with Crippen molar-refractivity contribution in [3.8, 4) is 5.75 Å². The first-order valence-corrected chi connectivity index (χ1v) is 11.7. The van der Waals surface area contributed by atoms with Crippen molar-refractivity contribution in [3.05, 3.63) is 47.8 Å². The number of anilines is 2. The number of aromatic nitrogens is 1. The second-order valence-corrected chi connectivity index (χ2v) is 9.23. The van der Waals surface area contributed by atoms with Gasteiger partial charge in [-0.25, -0.2) is 0 Å². The average Bonchev–Trinajstić information content (AvgIpc) is 3.27. The van der Waals surface area contributed by atoms with Crippen LogP contribution in [0.1, 0.15) is 49.8 Å². The van der Waals surface area contributed by atoms with Gasteiger partial charge < -0.3 is 20.3 Å². The fraction of sp³-hybridized carbons (Fsp3) is 0.520. The number of amides is 1. The van der Waals surface area contributed by atoms with Gasteiger partial charge >= 0.3 is 12.1 Å². The molecule has 9 heteroatoms. The number of ether oxygens (including phenoxy) is 1. The highest BCUT2D eigenvalue weighted by Crippen LogP contribution is 2.38. The highest BCUT2D eigenvalue weighted by molar-refractivity contribution is 5.82. The lowest BCUT2D eigenvalue weighted by atomic mass is 9.97. The number of alkyl halides is 3. The zero-order valence-electron chi connectivity index (χ0n) is 19.4. The van der Waals surface area contributed by atoms with E-state index in [0.29, 0.717) is 35.9 Å². The summed E-state index contributed by atoms with van der Waals surface area (Å²) in [4.78, 5) is 19.8.